The number of benzene rings is 1. The molecule has 4 rings (SSSR count). The molecule has 0 unspecified atom stereocenters. The average molecular weight is 411 g/mol. The van der Waals surface area contributed by atoms with Crippen molar-refractivity contribution in [2.45, 2.75) is 32.9 Å². The second-order valence-electron chi connectivity index (χ2n) is 5.87. The minimum atomic E-state index is -0.462. The molecule has 1 aliphatic rings. The molecule has 3 heterocycles. The van der Waals surface area contributed by atoms with Crippen LogP contribution in [0.25, 0.3) is 17.1 Å². The Bertz CT molecular complexity index is 902. The van der Waals surface area contributed by atoms with E-state index in [1.165, 1.54) is 0 Å². The predicted molar refractivity (Wildman–Crippen MR) is 96.8 cm³/mol. The summed E-state index contributed by atoms with van der Waals surface area (Å²) in [6.45, 7) is 4.36. The number of aliphatic hydroxyl groups is 1. The highest BCUT2D eigenvalue weighted by Crippen LogP contribution is 2.33. The molecule has 3 aromatic rings. The summed E-state index contributed by atoms with van der Waals surface area (Å²) < 4.78 is 4.99. The summed E-state index contributed by atoms with van der Waals surface area (Å²) in [5.41, 5.74) is 4.12. The van der Waals surface area contributed by atoms with Gasteiger partial charge in [-0.15, -0.1) is 12.4 Å². The number of aromatic nitrogens is 5. The van der Waals surface area contributed by atoms with Crippen molar-refractivity contribution in [3.63, 3.8) is 0 Å². The van der Waals surface area contributed by atoms with E-state index in [1.807, 2.05) is 30.1 Å². The Hall–Kier alpha value is -1.70. The highest BCUT2D eigenvalue weighted by Gasteiger charge is 2.24. The number of halogens is 2. The lowest BCUT2D eigenvalue weighted by atomic mass is 10.1. The van der Waals surface area contributed by atoms with Crippen LogP contribution in [-0.4, -0.2) is 35.5 Å². The summed E-state index contributed by atoms with van der Waals surface area (Å²) >= 11 is 3.54. The van der Waals surface area contributed by atoms with Gasteiger partial charge < -0.3 is 9.67 Å². The SMILES string of the molecule is Cc1ncn2c1Cn1nc(C[C@@H](C)O)nc1-c1cc(Br)ccc1-2.Cl. The minimum absolute atomic E-state index is 0. The first-order valence-corrected chi connectivity index (χ1v) is 8.27. The van der Waals surface area contributed by atoms with Gasteiger partial charge in [-0.2, -0.15) is 5.10 Å². The number of imidazole rings is 1. The third-order valence-corrected chi connectivity index (χ3v) is 4.52. The van der Waals surface area contributed by atoms with Crippen LogP contribution in [0.4, 0.5) is 0 Å². The molecule has 1 aromatic carbocycles. The third-order valence-electron chi connectivity index (χ3n) is 4.03. The molecule has 0 saturated carbocycles. The van der Waals surface area contributed by atoms with Crippen molar-refractivity contribution in [2.75, 3.05) is 0 Å². The van der Waals surface area contributed by atoms with E-state index in [2.05, 4.69) is 41.6 Å². The summed E-state index contributed by atoms with van der Waals surface area (Å²) in [5.74, 6) is 1.48. The Labute approximate surface area is 154 Å². The zero-order chi connectivity index (χ0) is 16.1. The second kappa shape index (κ2) is 6.31. The van der Waals surface area contributed by atoms with Crippen LogP contribution < -0.4 is 0 Å². The third kappa shape index (κ3) is 2.76. The second-order valence-corrected chi connectivity index (χ2v) is 6.79. The Morgan fingerprint density at radius 1 is 1.38 bits per heavy atom. The summed E-state index contributed by atoms with van der Waals surface area (Å²) in [6, 6.07) is 6.12. The van der Waals surface area contributed by atoms with E-state index in [4.69, 9.17) is 0 Å². The van der Waals surface area contributed by atoms with Crippen LogP contribution in [0.15, 0.2) is 29.0 Å². The van der Waals surface area contributed by atoms with Gasteiger partial charge in [0.1, 0.15) is 0 Å². The number of aryl methyl sites for hydroxylation is 1. The zero-order valence-corrected chi connectivity index (χ0v) is 15.7. The molecular weight excluding hydrogens is 394 g/mol. The maximum absolute atomic E-state index is 9.62. The molecule has 0 spiro atoms. The van der Waals surface area contributed by atoms with Gasteiger partial charge in [-0.05, 0) is 32.0 Å². The van der Waals surface area contributed by atoms with Crippen molar-refractivity contribution < 1.29 is 5.11 Å². The lowest BCUT2D eigenvalue weighted by Crippen LogP contribution is -2.08. The maximum Gasteiger partial charge on any atom is 0.160 e. The highest BCUT2D eigenvalue weighted by atomic mass is 79.9. The fourth-order valence-electron chi connectivity index (χ4n) is 2.95. The van der Waals surface area contributed by atoms with Gasteiger partial charge in [0.2, 0.25) is 0 Å². The summed E-state index contributed by atoms with van der Waals surface area (Å²) in [6.07, 6.45) is 1.83. The Morgan fingerprint density at radius 2 is 2.17 bits per heavy atom. The molecule has 1 N–H and O–H groups in total. The van der Waals surface area contributed by atoms with Gasteiger partial charge in [-0.25, -0.2) is 14.6 Å². The lowest BCUT2D eigenvalue weighted by molar-refractivity contribution is 0.192. The van der Waals surface area contributed by atoms with Gasteiger partial charge in [0.15, 0.2) is 11.6 Å². The molecule has 8 heteroatoms. The van der Waals surface area contributed by atoms with Crippen molar-refractivity contribution in [2.24, 2.45) is 0 Å². The topological polar surface area (TPSA) is 68.8 Å². The van der Waals surface area contributed by atoms with Gasteiger partial charge in [0.25, 0.3) is 0 Å². The smallest absolute Gasteiger partial charge is 0.160 e. The molecular formula is C16H17BrClN5O. The standard InChI is InChI=1S/C16H16BrN5O.ClH/c1-9(23)5-15-19-16-12-6-11(17)3-4-13(12)21-8-18-10(2)14(21)7-22(16)20-15;/h3-4,6,8-9,23H,5,7H2,1-2H3;1H/t9-;/m1./s1. The molecule has 0 bridgehead atoms. The van der Waals surface area contributed by atoms with Gasteiger partial charge in [-0.3, -0.25) is 0 Å². The molecule has 1 aliphatic heterocycles. The van der Waals surface area contributed by atoms with Crippen molar-refractivity contribution in [3.05, 3.63) is 46.2 Å². The number of nitrogens with zero attached hydrogens (tertiary/aromatic N) is 5. The van der Waals surface area contributed by atoms with Gasteiger partial charge in [-0.1, -0.05) is 15.9 Å². The quantitative estimate of drug-likeness (QED) is 0.552. The van der Waals surface area contributed by atoms with Crippen LogP contribution >= 0.6 is 28.3 Å². The highest BCUT2D eigenvalue weighted by molar-refractivity contribution is 9.10. The van der Waals surface area contributed by atoms with E-state index < -0.39 is 6.10 Å². The summed E-state index contributed by atoms with van der Waals surface area (Å²) in [4.78, 5) is 9.10. The van der Waals surface area contributed by atoms with E-state index in [9.17, 15) is 5.11 Å². The molecule has 2 aromatic heterocycles. The fraction of sp³-hybridized carbons (Fsp3) is 0.312. The van der Waals surface area contributed by atoms with E-state index in [-0.39, 0.29) is 12.4 Å². The normalized spacial score (nSPS) is 13.3. The predicted octanol–water partition coefficient (Wildman–Crippen LogP) is 2.91. The van der Waals surface area contributed by atoms with Crippen molar-refractivity contribution >= 4 is 28.3 Å². The molecule has 0 saturated heterocycles. The first kappa shape index (κ1) is 17.1. The van der Waals surface area contributed by atoms with Crippen molar-refractivity contribution in [3.8, 4) is 17.1 Å². The number of rotatable bonds is 2. The Kier molecular flexibility index (Phi) is 4.50. The van der Waals surface area contributed by atoms with Crippen molar-refractivity contribution in [1.82, 2.24) is 24.3 Å². The van der Waals surface area contributed by atoms with Crippen molar-refractivity contribution in [1.29, 1.82) is 0 Å². The monoisotopic (exact) mass is 409 g/mol. The summed E-state index contributed by atoms with van der Waals surface area (Å²) in [7, 11) is 0. The molecule has 0 radical (unpaired) electrons. The van der Waals surface area contributed by atoms with Crippen LogP contribution in [0, 0.1) is 6.92 Å². The molecule has 0 amide bonds. The van der Waals surface area contributed by atoms with E-state index in [1.54, 1.807) is 6.92 Å². The van der Waals surface area contributed by atoms with Crippen LogP contribution in [0.2, 0.25) is 0 Å². The zero-order valence-electron chi connectivity index (χ0n) is 13.3. The molecule has 24 heavy (non-hydrogen) atoms. The largest absolute Gasteiger partial charge is 0.393 e. The van der Waals surface area contributed by atoms with E-state index in [0.717, 1.165) is 32.9 Å². The van der Waals surface area contributed by atoms with Gasteiger partial charge in [0.05, 0.1) is 36.1 Å². The molecule has 0 aliphatic carbocycles. The fourth-order valence-corrected chi connectivity index (χ4v) is 3.31. The minimum Gasteiger partial charge on any atom is -0.393 e. The van der Waals surface area contributed by atoms with Gasteiger partial charge >= 0.3 is 0 Å². The summed E-state index contributed by atoms with van der Waals surface area (Å²) in [5, 5.41) is 14.2. The van der Waals surface area contributed by atoms with Crippen LogP contribution in [0.5, 0.6) is 0 Å². The van der Waals surface area contributed by atoms with E-state index in [0.29, 0.717) is 18.8 Å². The Balaban J connectivity index is 0.00000169. The van der Waals surface area contributed by atoms with Crippen LogP contribution in [0.1, 0.15) is 24.1 Å². The maximum atomic E-state index is 9.62. The van der Waals surface area contributed by atoms with Crippen LogP contribution in [-0.2, 0) is 13.0 Å². The molecule has 126 valence electrons. The average Bonchev–Trinajstić information content (AvgIpc) is 3.01. The number of fused-ring (bicyclic) bond motifs is 5. The first-order chi connectivity index (χ1) is 11.0. The van der Waals surface area contributed by atoms with E-state index >= 15 is 0 Å². The molecule has 1 atom stereocenters. The number of hydrogen-bond donors (Lipinski definition) is 1. The Morgan fingerprint density at radius 3 is 2.92 bits per heavy atom. The van der Waals surface area contributed by atoms with Gasteiger partial charge in [0, 0.05) is 16.5 Å². The number of hydrogen-bond acceptors (Lipinski definition) is 4. The first-order valence-electron chi connectivity index (χ1n) is 7.48. The van der Waals surface area contributed by atoms with Crippen LogP contribution in [0.3, 0.4) is 0 Å². The molecule has 0 fully saturated rings. The number of aliphatic hydroxyl groups excluding tert-OH is 1. The molecule has 6 nitrogen and oxygen atoms in total. The lowest BCUT2D eigenvalue weighted by Gasteiger charge is -2.08.